The molecule has 31 heavy (non-hydrogen) atoms. The number of hydrogen-bond donors (Lipinski definition) is 1. The fraction of sp³-hybridized carbons (Fsp3) is 0.391. The highest BCUT2D eigenvalue weighted by Crippen LogP contribution is 2.29. The monoisotopic (exact) mass is 424 g/mol. The van der Waals surface area contributed by atoms with E-state index in [0.717, 1.165) is 30.5 Å². The number of rotatable bonds is 3. The normalized spacial score (nSPS) is 23.7. The van der Waals surface area contributed by atoms with Gasteiger partial charge < -0.3 is 10.1 Å². The molecule has 3 heterocycles. The van der Waals surface area contributed by atoms with Crippen LogP contribution in [0.15, 0.2) is 53.3 Å². The lowest BCUT2D eigenvalue weighted by Crippen LogP contribution is -2.60. The average molecular weight is 424 g/mol. The van der Waals surface area contributed by atoms with Gasteiger partial charge in [-0.25, -0.2) is 18.5 Å². The number of amides is 1. The SMILES string of the molecule is Cn1c(=O)n(C(=O)N[C@H]2C[C@H]3COC[C@@H](C2)N3Cc2ccc(F)cc2)c2ccccc21. The molecule has 1 aromatic heterocycles. The molecule has 2 aromatic carbocycles. The molecule has 2 aliphatic heterocycles. The summed E-state index contributed by atoms with van der Waals surface area (Å²) in [6, 6.07) is 13.8. The minimum Gasteiger partial charge on any atom is -0.378 e. The lowest BCUT2D eigenvalue weighted by molar-refractivity contribution is -0.0840. The highest BCUT2D eigenvalue weighted by Gasteiger charge is 2.39. The Kier molecular flexibility index (Phi) is 5.11. The number of benzene rings is 2. The molecular weight excluding hydrogens is 399 g/mol. The van der Waals surface area contributed by atoms with Crippen molar-refractivity contribution in [3.8, 4) is 0 Å². The summed E-state index contributed by atoms with van der Waals surface area (Å²) >= 11 is 0. The molecule has 2 aliphatic rings. The fourth-order valence-corrected chi connectivity index (χ4v) is 4.89. The molecule has 8 heteroatoms. The summed E-state index contributed by atoms with van der Waals surface area (Å²) in [6.07, 6.45) is 1.48. The number of morpholine rings is 1. The molecule has 0 unspecified atom stereocenters. The third kappa shape index (κ3) is 3.66. The van der Waals surface area contributed by atoms with Crippen LogP contribution in [0.25, 0.3) is 11.0 Å². The van der Waals surface area contributed by atoms with Crippen molar-refractivity contribution >= 4 is 17.1 Å². The Labute approximate surface area is 179 Å². The van der Waals surface area contributed by atoms with E-state index in [1.165, 1.54) is 21.3 Å². The Balaban J connectivity index is 1.32. The first-order valence-corrected chi connectivity index (χ1v) is 10.6. The number of nitrogens with one attached hydrogen (secondary N) is 1. The number of carbonyl (C=O) groups excluding carboxylic acids is 1. The molecule has 0 aliphatic carbocycles. The van der Waals surface area contributed by atoms with Crippen molar-refractivity contribution in [3.63, 3.8) is 0 Å². The number of para-hydroxylation sites is 2. The number of piperidine rings is 1. The van der Waals surface area contributed by atoms with E-state index in [9.17, 15) is 14.0 Å². The van der Waals surface area contributed by atoms with Crippen molar-refractivity contribution < 1.29 is 13.9 Å². The predicted molar refractivity (Wildman–Crippen MR) is 114 cm³/mol. The van der Waals surface area contributed by atoms with Gasteiger partial charge in [0.15, 0.2) is 0 Å². The van der Waals surface area contributed by atoms with Crippen LogP contribution in [0, 0.1) is 5.82 Å². The number of aryl methyl sites for hydroxylation is 1. The van der Waals surface area contributed by atoms with Crippen LogP contribution >= 0.6 is 0 Å². The first-order chi connectivity index (χ1) is 15.0. The van der Waals surface area contributed by atoms with Gasteiger partial charge in [-0.15, -0.1) is 0 Å². The zero-order valence-electron chi connectivity index (χ0n) is 17.3. The Morgan fingerprint density at radius 1 is 1.06 bits per heavy atom. The Hall–Kier alpha value is -2.97. The molecule has 0 spiro atoms. The minimum atomic E-state index is -0.391. The molecule has 7 nitrogen and oxygen atoms in total. The van der Waals surface area contributed by atoms with Crippen molar-refractivity contribution in [2.24, 2.45) is 7.05 Å². The zero-order valence-corrected chi connectivity index (χ0v) is 17.3. The number of ether oxygens (including phenoxy) is 1. The zero-order chi connectivity index (χ0) is 21.5. The summed E-state index contributed by atoms with van der Waals surface area (Å²) in [4.78, 5) is 28.1. The Morgan fingerprint density at radius 2 is 1.71 bits per heavy atom. The average Bonchev–Trinajstić information content (AvgIpc) is 3.01. The van der Waals surface area contributed by atoms with Gasteiger partial charge in [-0.05, 0) is 42.7 Å². The molecule has 0 radical (unpaired) electrons. The molecular formula is C23H25FN4O3. The van der Waals surface area contributed by atoms with E-state index in [4.69, 9.17) is 4.74 Å². The van der Waals surface area contributed by atoms with Gasteiger partial charge in [0.05, 0.1) is 24.2 Å². The van der Waals surface area contributed by atoms with Gasteiger partial charge in [0.2, 0.25) is 0 Å². The summed E-state index contributed by atoms with van der Waals surface area (Å²) in [5.74, 6) is -0.239. The lowest BCUT2D eigenvalue weighted by atomic mass is 9.89. The summed E-state index contributed by atoms with van der Waals surface area (Å²) in [7, 11) is 1.67. The predicted octanol–water partition coefficient (Wildman–Crippen LogP) is 2.47. The minimum absolute atomic E-state index is 0.0401. The molecule has 2 saturated heterocycles. The van der Waals surface area contributed by atoms with Crippen LogP contribution in [-0.4, -0.2) is 51.4 Å². The lowest BCUT2D eigenvalue weighted by Gasteiger charge is -2.48. The molecule has 1 amide bonds. The van der Waals surface area contributed by atoms with Crippen molar-refractivity contribution in [1.82, 2.24) is 19.4 Å². The van der Waals surface area contributed by atoms with Gasteiger partial charge in [-0.2, -0.15) is 0 Å². The fourth-order valence-electron chi connectivity index (χ4n) is 4.89. The van der Waals surface area contributed by atoms with Crippen molar-refractivity contribution in [2.45, 2.75) is 37.5 Å². The quantitative estimate of drug-likeness (QED) is 0.702. The van der Waals surface area contributed by atoms with Crippen LogP contribution in [0.1, 0.15) is 18.4 Å². The van der Waals surface area contributed by atoms with E-state index >= 15 is 0 Å². The van der Waals surface area contributed by atoms with Crippen LogP contribution < -0.4 is 11.0 Å². The summed E-state index contributed by atoms with van der Waals surface area (Å²) in [5, 5.41) is 3.08. The van der Waals surface area contributed by atoms with Gasteiger partial charge in [-0.1, -0.05) is 24.3 Å². The number of imidazole rings is 1. The molecule has 3 atom stereocenters. The van der Waals surface area contributed by atoms with Crippen LogP contribution in [0.2, 0.25) is 0 Å². The second-order valence-corrected chi connectivity index (χ2v) is 8.43. The number of hydrogen-bond acceptors (Lipinski definition) is 4. The standard InChI is InChI=1S/C23H25FN4O3/c1-26-20-4-2-3-5-21(20)28(23(26)30)22(29)25-17-10-18-13-31-14-19(11-17)27(18)12-15-6-8-16(24)9-7-15/h2-9,17-19H,10-14H2,1H3,(H,25,29)/t17-,18-,19+. The van der Waals surface area contributed by atoms with Crippen LogP contribution in [0.3, 0.4) is 0 Å². The number of aromatic nitrogens is 2. The van der Waals surface area contributed by atoms with E-state index in [2.05, 4.69) is 10.2 Å². The van der Waals surface area contributed by atoms with Gasteiger partial charge in [-0.3, -0.25) is 9.47 Å². The van der Waals surface area contributed by atoms with E-state index in [-0.39, 0.29) is 29.6 Å². The summed E-state index contributed by atoms with van der Waals surface area (Å²) in [6.45, 7) is 1.92. The maximum Gasteiger partial charge on any atom is 0.337 e. The molecule has 2 fully saturated rings. The van der Waals surface area contributed by atoms with Gasteiger partial charge in [0.1, 0.15) is 5.82 Å². The summed E-state index contributed by atoms with van der Waals surface area (Å²) < 4.78 is 21.7. The number of fused-ring (bicyclic) bond motifs is 3. The highest BCUT2D eigenvalue weighted by atomic mass is 19.1. The van der Waals surface area contributed by atoms with E-state index in [0.29, 0.717) is 18.7 Å². The smallest absolute Gasteiger partial charge is 0.337 e. The second-order valence-electron chi connectivity index (χ2n) is 8.43. The first kappa shape index (κ1) is 20.0. The highest BCUT2D eigenvalue weighted by molar-refractivity contribution is 5.89. The second kappa shape index (κ2) is 7.94. The van der Waals surface area contributed by atoms with Crippen molar-refractivity contribution in [3.05, 3.63) is 70.4 Å². The molecule has 5 rings (SSSR count). The third-order valence-corrected chi connectivity index (χ3v) is 6.44. The largest absolute Gasteiger partial charge is 0.378 e. The molecule has 0 saturated carbocycles. The van der Waals surface area contributed by atoms with Gasteiger partial charge >= 0.3 is 11.7 Å². The van der Waals surface area contributed by atoms with Crippen LogP contribution in [0.5, 0.6) is 0 Å². The molecule has 3 aromatic rings. The first-order valence-electron chi connectivity index (χ1n) is 10.6. The van der Waals surface area contributed by atoms with Crippen molar-refractivity contribution in [2.75, 3.05) is 13.2 Å². The van der Waals surface area contributed by atoms with Crippen LogP contribution in [-0.2, 0) is 18.3 Å². The topological polar surface area (TPSA) is 68.5 Å². The van der Waals surface area contributed by atoms with Gasteiger partial charge in [0, 0.05) is 31.7 Å². The number of halogens is 1. The Morgan fingerprint density at radius 3 is 2.39 bits per heavy atom. The summed E-state index contributed by atoms with van der Waals surface area (Å²) in [5.41, 5.74) is 2.03. The van der Waals surface area contributed by atoms with Crippen molar-refractivity contribution in [1.29, 1.82) is 0 Å². The molecule has 1 N–H and O–H groups in total. The maximum absolute atomic E-state index is 13.2. The van der Waals surface area contributed by atoms with Gasteiger partial charge in [0.25, 0.3) is 0 Å². The number of nitrogens with zero attached hydrogens (tertiary/aromatic N) is 3. The van der Waals surface area contributed by atoms with E-state index in [1.54, 1.807) is 13.1 Å². The third-order valence-electron chi connectivity index (χ3n) is 6.44. The van der Waals surface area contributed by atoms with E-state index < -0.39 is 6.03 Å². The Bertz CT molecular complexity index is 1160. The van der Waals surface area contributed by atoms with E-state index in [1.807, 2.05) is 30.3 Å². The molecule has 2 bridgehead atoms. The van der Waals surface area contributed by atoms with Crippen LogP contribution in [0.4, 0.5) is 9.18 Å². The maximum atomic E-state index is 13.2. The number of carbonyl (C=O) groups is 1. The molecule has 162 valence electrons.